The number of carboxylic acids is 1. The summed E-state index contributed by atoms with van der Waals surface area (Å²) in [5.41, 5.74) is 2.19. The zero-order chi connectivity index (χ0) is 17.5. The Morgan fingerprint density at radius 1 is 1.29 bits per heavy atom. The van der Waals surface area contributed by atoms with Crippen LogP contribution in [0.3, 0.4) is 0 Å². The Labute approximate surface area is 142 Å². The van der Waals surface area contributed by atoms with Gasteiger partial charge in [0.1, 0.15) is 12.3 Å². The van der Waals surface area contributed by atoms with Crippen molar-refractivity contribution in [2.45, 2.75) is 39.2 Å². The van der Waals surface area contributed by atoms with Crippen molar-refractivity contribution >= 4 is 11.9 Å². The minimum absolute atomic E-state index is 0.0666. The molecule has 1 aromatic rings. The Kier molecular flexibility index (Phi) is 6.61. The molecule has 1 heterocycles. The predicted molar refractivity (Wildman–Crippen MR) is 89.2 cm³/mol. The summed E-state index contributed by atoms with van der Waals surface area (Å²) in [5, 5.41) is 9.08. The quantitative estimate of drug-likeness (QED) is 0.826. The van der Waals surface area contributed by atoms with Crippen LogP contribution in [0.1, 0.15) is 30.4 Å². The number of ether oxygens (including phenoxy) is 2. The molecule has 6 nitrogen and oxygen atoms in total. The van der Waals surface area contributed by atoms with Gasteiger partial charge < -0.3 is 19.5 Å². The van der Waals surface area contributed by atoms with Crippen LogP contribution in [0.4, 0.5) is 0 Å². The molecule has 0 radical (unpaired) electrons. The van der Waals surface area contributed by atoms with Crippen LogP contribution in [0.2, 0.25) is 0 Å². The summed E-state index contributed by atoms with van der Waals surface area (Å²) in [6.45, 7) is 5.08. The zero-order valence-corrected chi connectivity index (χ0v) is 14.3. The van der Waals surface area contributed by atoms with Gasteiger partial charge in [0.2, 0.25) is 5.91 Å². The minimum Gasteiger partial charge on any atom is -0.493 e. The first-order valence-corrected chi connectivity index (χ1v) is 8.27. The maximum Gasteiger partial charge on any atom is 0.323 e. The molecule has 24 heavy (non-hydrogen) atoms. The third-order valence-corrected chi connectivity index (χ3v) is 4.39. The van der Waals surface area contributed by atoms with Gasteiger partial charge in [0, 0.05) is 19.3 Å². The Balaban J connectivity index is 1.92. The Hall–Kier alpha value is -2.08. The van der Waals surface area contributed by atoms with Gasteiger partial charge in [0.15, 0.2) is 0 Å². The van der Waals surface area contributed by atoms with Crippen molar-refractivity contribution in [2.24, 2.45) is 0 Å². The number of aliphatic carboxylic acids is 1. The monoisotopic (exact) mass is 335 g/mol. The third kappa shape index (κ3) is 4.96. The third-order valence-electron chi connectivity index (χ3n) is 4.39. The smallest absolute Gasteiger partial charge is 0.323 e. The molecule has 1 aliphatic rings. The molecule has 0 bridgehead atoms. The molecule has 0 aliphatic carbocycles. The van der Waals surface area contributed by atoms with Gasteiger partial charge in [-0.1, -0.05) is 12.1 Å². The molecule has 1 fully saturated rings. The SMILES string of the molecule is Cc1cccc(OCCC(=O)N(CC(=O)O)C2CCOCC2)c1C. The molecule has 1 saturated heterocycles. The summed E-state index contributed by atoms with van der Waals surface area (Å²) in [6.07, 6.45) is 1.52. The number of carbonyl (C=O) groups is 2. The van der Waals surface area contributed by atoms with Crippen molar-refractivity contribution in [1.29, 1.82) is 0 Å². The molecule has 0 spiro atoms. The number of rotatable bonds is 7. The van der Waals surface area contributed by atoms with Crippen LogP contribution >= 0.6 is 0 Å². The summed E-state index contributed by atoms with van der Waals surface area (Å²) in [4.78, 5) is 25.0. The summed E-state index contributed by atoms with van der Waals surface area (Å²) < 4.78 is 11.0. The second kappa shape index (κ2) is 8.68. The highest BCUT2D eigenvalue weighted by Gasteiger charge is 2.27. The zero-order valence-electron chi connectivity index (χ0n) is 14.3. The lowest BCUT2D eigenvalue weighted by Gasteiger charge is -2.33. The number of benzene rings is 1. The molecule has 0 atom stereocenters. The molecule has 1 N–H and O–H groups in total. The Morgan fingerprint density at radius 3 is 2.67 bits per heavy atom. The highest BCUT2D eigenvalue weighted by molar-refractivity contribution is 5.81. The fourth-order valence-corrected chi connectivity index (χ4v) is 2.84. The first-order chi connectivity index (χ1) is 11.5. The van der Waals surface area contributed by atoms with Crippen LogP contribution in [0.15, 0.2) is 18.2 Å². The summed E-state index contributed by atoms with van der Waals surface area (Å²) >= 11 is 0. The van der Waals surface area contributed by atoms with Gasteiger partial charge in [0.25, 0.3) is 0 Å². The summed E-state index contributed by atoms with van der Waals surface area (Å²) in [6, 6.07) is 5.73. The van der Waals surface area contributed by atoms with Crippen LogP contribution in [-0.2, 0) is 14.3 Å². The Bertz CT molecular complexity index is 581. The van der Waals surface area contributed by atoms with E-state index in [9.17, 15) is 9.59 Å². The van der Waals surface area contributed by atoms with Crippen LogP contribution in [0.5, 0.6) is 5.75 Å². The van der Waals surface area contributed by atoms with Crippen LogP contribution in [0.25, 0.3) is 0 Å². The van der Waals surface area contributed by atoms with Crippen molar-refractivity contribution in [3.8, 4) is 5.75 Å². The van der Waals surface area contributed by atoms with Gasteiger partial charge in [-0.15, -0.1) is 0 Å². The fourth-order valence-electron chi connectivity index (χ4n) is 2.84. The van der Waals surface area contributed by atoms with Gasteiger partial charge >= 0.3 is 5.97 Å². The number of nitrogens with zero attached hydrogens (tertiary/aromatic N) is 1. The lowest BCUT2D eigenvalue weighted by atomic mass is 10.1. The fraction of sp³-hybridized carbons (Fsp3) is 0.556. The second-order valence-corrected chi connectivity index (χ2v) is 6.06. The molecule has 0 aromatic heterocycles. The molecule has 1 amide bonds. The molecule has 0 saturated carbocycles. The van der Waals surface area contributed by atoms with Gasteiger partial charge in [-0.25, -0.2) is 0 Å². The highest BCUT2D eigenvalue weighted by Crippen LogP contribution is 2.21. The van der Waals surface area contributed by atoms with E-state index in [4.69, 9.17) is 14.6 Å². The molecule has 1 aromatic carbocycles. The van der Waals surface area contributed by atoms with E-state index >= 15 is 0 Å². The standard InChI is InChI=1S/C18H25NO5/c1-13-4-3-5-16(14(13)2)24-11-8-17(20)19(12-18(21)22)15-6-9-23-10-7-15/h3-5,15H,6-12H2,1-2H3,(H,21,22). The number of hydrogen-bond donors (Lipinski definition) is 1. The molecule has 1 aliphatic heterocycles. The number of carbonyl (C=O) groups excluding carboxylic acids is 1. The number of hydrogen-bond acceptors (Lipinski definition) is 4. The normalized spacial score (nSPS) is 15.1. The molecule has 132 valence electrons. The van der Waals surface area contributed by atoms with Crippen LogP contribution in [0, 0.1) is 13.8 Å². The van der Waals surface area contributed by atoms with E-state index in [1.807, 2.05) is 32.0 Å². The Morgan fingerprint density at radius 2 is 2.00 bits per heavy atom. The second-order valence-electron chi connectivity index (χ2n) is 6.06. The van der Waals surface area contributed by atoms with Crippen LogP contribution < -0.4 is 4.74 Å². The topological polar surface area (TPSA) is 76.1 Å². The van der Waals surface area contributed by atoms with E-state index in [-0.39, 0.29) is 31.5 Å². The first kappa shape index (κ1) is 18.3. The van der Waals surface area contributed by atoms with Gasteiger partial charge in [-0.05, 0) is 43.9 Å². The van der Waals surface area contributed by atoms with E-state index in [1.54, 1.807) is 0 Å². The minimum atomic E-state index is -0.995. The van der Waals surface area contributed by atoms with Crippen molar-refractivity contribution in [1.82, 2.24) is 4.90 Å². The largest absolute Gasteiger partial charge is 0.493 e. The molecule has 6 heteroatoms. The predicted octanol–water partition coefficient (Wildman–Crippen LogP) is 2.16. The molecule has 2 rings (SSSR count). The molecular formula is C18H25NO5. The van der Waals surface area contributed by atoms with Gasteiger partial charge in [-0.3, -0.25) is 9.59 Å². The van der Waals surface area contributed by atoms with Crippen molar-refractivity contribution in [3.63, 3.8) is 0 Å². The average molecular weight is 335 g/mol. The number of amides is 1. The van der Waals surface area contributed by atoms with Gasteiger partial charge in [-0.2, -0.15) is 0 Å². The summed E-state index contributed by atoms with van der Waals surface area (Å²) in [5.74, 6) is -0.418. The average Bonchev–Trinajstić information content (AvgIpc) is 2.57. The van der Waals surface area contributed by atoms with Crippen molar-refractivity contribution < 1.29 is 24.2 Å². The highest BCUT2D eigenvalue weighted by atomic mass is 16.5. The van der Waals surface area contributed by atoms with Crippen molar-refractivity contribution in [2.75, 3.05) is 26.4 Å². The first-order valence-electron chi connectivity index (χ1n) is 8.27. The van der Waals surface area contributed by atoms with E-state index in [2.05, 4.69) is 0 Å². The maximum absolute atomic E-state index is 12.5. The number of carboxylic acid groups (broad SMARTS) is 1. The van der Waals surface area contributed by atoms with E-state index in [0.29, 0.717) is 26.1 Å². The maximum atomic E-state index is 12.5. The van der Waals surface area contributed by atoms with Gasteiger partial charge in [0.05, 0.1) is 13.0 Å². The van der Waals surface area contributed by atoms with E-state index < -0.39 is 5.97 Å². The van der Waals surface area contributed by atoms with E-state index in [1.165, 1.54) is 4.90 Å². The molecule has 0 unspecified atom stereocenters. The van der Waals surface area contributed by atoms with E-state index in [0.717, 1.165) is 16.9 Å². The van der Waals surface area contributed by atoms with Crippen molar-refractivity contribution in [3.05, 3.63) is 29.3 Å². The lowest BCUT2D eigenvalue weighted by Crippen LogP contribution is -2.46. The number of aryl methyl sites for hydroxylation is 1. The lowest BCUT2D eigenvalue weighted by molar-refractivity contribution is -0.148. The summed E-state index contributed by atoms with van der Waals surface area (Å²) in [7, 11) is 0. The van der Waals surface area contributed by atoms with Crippen LogP contribution in [-0.4, -0.2) is 54.3 Å². The molecular weight excluding hydrogens is 310 g/mol.